The summed E-state index contributed by atoms with van der Waals surface area (Å²) in [7, 11) is 0. The SMILES string of the molecule is O=C(CSc1ncccc1C(=O)O)Nc1ccc(Br)cc1C(=O)c1ccccc1Cl. The van der Waals surface area contributed by atoms with Crippen molar-refractivity contribution in [3.63, 3.8) is 0 Å². The number of benzene rings is 2. The fourth-order valence-electron chi connectivity index (χ4n) is 2.59. The molecule has 0 saturated carbocycles. The van der Waals surface area contributed by atoms with Gasteiger partial charge in [0.1, 0.15) is 5.03 Å². The summed E-state index contributed by atoms with van der Waals surface area (Å²) in [5.41, 5.74) is 0.948. The van der Waals surface area contributed by atoms with Gasteiger partial charge in [-0.15, -0.1) is 0 Å². The third-order valence-electron chi connectivity index (χ3n) is 3.96. The summed E-state index contributed by atoms with van der Waals surface area (Å²) in [6.45, 7) is 0. The monoisotopic (exact) mass is 504 g/mol. The summed E-state index contributed by atoms with van der Waals surface area (Å²) in [5.74, 6) is -1.93. The highest BCUT2D eigenvalue weighted by Gasteiger charge is 2.19. The Balaban J connectivity index is 1.79. The molecular formula is C21H14BrClN2O4S. The van der Waals surface area contributed by atoms with Crippen molar-refractivity contribution in [2.24, 2.45) is 0 Å². The second-order valence-corrected chi connectivity index (χ2v) is 8.28. The van der Waals surface area contributed by atoms with Crippen LogP contribution in [0, 0.1) is 0 Å². The standard InChI is InChI=1S/C21H14BrClN2O4S/c22-12-7-8-17(15(10-12)19(27)13-4-1-2-6-16(13)23)25-18(26)11-30-20-14(21(28)29)5-3-9-24-20/h1-10H,11H2,(H,25,26)(H,28,29). The molecule has 1 aromatic heterocycles. The molecule has 6 nitrogen and oxygen atoms in total. The molecular weight excluding hydrogens is 492 g/mol. The van der Waals surface area contributed by atoms with E-state index in [-0.39, 0.29) is 27.7 Å². The second-order valence-electron chi connectivity index (χ2n) is 6.00. The van der Waals surface area contributed by atoms with Crippen molar-refractivity contribution in [2.75, 3.05) is 11.1 Å². The predicted octanol–water partition coefficient (Wildman–Crippen LogP) is 5.16. The Labute approximate surface area is 189 Å². The van der Waals surface area contributed by atoms with Crippen LogP contribution in [-0.4, -0.2) is 33.5 Å². The Morgan fingerprint density at radius 2 is 1.77 bits per heavy atom. The number of hydrogen-bond acceptors (Lipinski definition) is 5. The Kier molecular flexibility index (Phi) is 7.25. The first-order chi connectivity index (χ1) is 14.4. The first-order valence-corrected chi connectivity index (χ1v) is 10.7. The summed E-state index contributed by atoms with van der Waals surface area (Å²) in [4.78, 5) is 40.7. The molecule has 0 bridgehead atoms. The molecule has 9 heteroatoms. The van der Waals surface area contributed by atoms with Gasteiger partial charge in [-0.3, -0.25) is 9.59 Å². The van der Waals surface area contributed by atoms with E-state index in [2.05, 4.69) is 26.2 Å². The lowest BCUT2D eigenvalue weighted by molar-refractivity contribution is -0.113. The lowest BCUT2D eigenvalue weighted by Gasteiger charge is -2.12. The molecule has 0 spiro atoms. The molecule has 152 valence electrons. The molecule has 0 aliphatic rings. The van der Waals surface area contributed by atoms with Crippen molar-refractivity contribution in [1.82, 2.24) is 4.98 Å². The molecule has 0 unspecified atom stereocenters. The van der Waals surface area contributed by atoms with Gasteiger partial charge in [-0.05, 0) is 42.5 Å². The van der Waals surface area contributed by atoms with Gasteiger partial charge in [-0.2, -0.15) is 0 Å². The minimum atomic E-state index is -1.12. The first kappa shape index (κ1) is 22.0. The third-order valence-corrected chi connectivity index (χ3v) is 5.79. The molecule has 2 aromatic carbocycles. The van der Waals surface area contributed by atoms with Gasteiger partial charge < -0.3 is 10.4 Å². The van der Waals surface area contributed by atoms with E-state index in [9.17, 15) is 19.5 Å². The van der Waals surface area contributed by atoms with Crippen LogP contribution in [0.25, 0.3) is 0 Å². The van der Waals surface area contributed by atoms with Crippen LogP contribution in [0.2, 0.25) is 5.02 Å². The molecule has 0 aliphatic carbocycles. The van der Waals surface area contributed by atoms with Gasteiger partial charge in [0.15, 0.2) is 5.78 Å². The van der Waals surface area contributed by atoms with Crippen molar-refractivity contribution in [3.05, 3.63) is 87.0 Å². The van der Waals surface area contributed by atoms with E-state index in [1.165, 1.54) is 18.3 Å². The number of rotatable bonds is 7. The number of carboxylic acid groups (broad SMARTS) is 1. The summed E-state index contributed by atoms with van der Waals surface area (Å²) >= 11 is 10.5. The predicted molar refractivity (Wildman–Crippen MR) is 120 cm³/mol. The number of carboxylic acids is 1. The zero-order chi connectivity index (χ0) is 21.7. The zero-order valence-corrected chi connectivity index (χ0v) is 18.4. The summed E-state index contributed by atoms with van der Waals surface area (Å²) in [6, 6.07) is 14.5. The van der Waals surface area contributed by atoms with Crippen LogP contribution in [0.3, 0.4) is 0 Å². The van der Waals surface area contributed by atoms with Crippen LogP contribution in [0.15, 0.2) is 70.3 Å². The minimum Gasteiger partial charge on any atom is -0.478 e. The van der Waals surface area contributed by atoms with Gasteiger partial charge in [0.2, 0.25) is 5.91 Å². The Morgan fingerprint density at radius 3 is 2.50 bits per heavy atom. The van der Waals surface area contributed by atoms with Crippen LogP contribution < -0.4 is 5.32 Å². The second kappa shape index (κ2) is 9.88. The highest BCUT2D eigenvalue weighted by Crippen LogP contribution is 2.27. The summed E-state index contributed by atoms with van der Waals surface area (Å²) < 4.78 is 0.671. The van der Waals surface area contributed by atoms with Crippen molar-refractivity contribution in [2.45, 2.75) is 5.03 Å². The van der Waals surface area contributed by atoms with Crippen LogP contribution in [0.4, 0.5) is 5.69 Å². The van der Waals surface area contributed by atoms with Gasteiger partial charge in [-0.1, -0.05) is 51.4 Å². The molecule has 1 amide bonds. The van der Waals surface area contributed by atoms with Gasteiger partial charge in [-0.25, -0.2) is 9.78 Å². The van der Waals surface area contributed by atoms with Gasteiger partial charge in [0, 0.05) is 21.8 Å². The molecule has 3 rings (SSSR count). The number of halogens is 2. The molecule has 0 saturated heterocycles. The summed E-state index contributed by atoms with van der Waals surface area (Å²) in [6.07, 6.45) is 1.46. The van der Waals surface area contributed by atoms with Crippen LogP contribution in [-0.2, 0) is 4.79 Å². The molecule has 1 heterocycles. The lowest BCUT2D eigenvalue weighted by atomic mass is 10.0. The smallest absolute Gasteiger partial charge is 0.338 e. The molecule has 0 atom stereocenters. The average Bonchev–Trinajstić information content (AvgIpc) is 2.73. The maximum absolute atomic E-state index is 13.0. The van der Waals surface area contributed by atoms with Crippen molar-refractivity contribution in [1.29, 1.82) is 0 Å². The van der Waals surface area contributed by atoms with E-state index in [1.54, 1.807) is 42.5 Å². The molecule has 0 radical (unpaired) electrons. The number of anilines is 1. The molecule has 30 heavy (non-hydrogen) atoms. The number of nitrogens with zero attached hydrogens (tertiary/aromatic N) is 1. The Morgan fingerprint density at radius 1 is 1.03 bits per heavy atom. The Hall–Kier alpha value is -2.68. The summed E-state index contributed by atoms with van der Waals surface area (Å²) in [5, 5.41) is 12.5. The fraction of sp³-hybridized carbons (Fsp3) is 0.0476. The molecule has 3 aromatic rings. The molecule has 0 aliphatic heterocycles. The zero-order valence-electron chi connectivity index (χ0n) is 15.3. The van der Waals surface area contributed by atoms with Crippen LogP contribution in [0.5, 0.6) is 0 Å². The fourth-order valence-corrected chi connectivity index (χ4v) is 3.96. The lowest BCUT2D eigenvalue weighted by Crippen LogP contribution is -2.17. The van der Waals surface area contributed by atoms with Gasteiger partial charge >= 0.3 is 5.97 Å². The number of carbonyl (C=O) groups is 3. The van der Waals surface area contributed by atoms with Gasteiger partial charge in [0.05, 0.1) is 22.0 Å². The largest absolute Gasteiger partial charge is 0.478 e. The van der Waals surface area contributed by atoms with E-state index < -0.39 is 11.9 Å². The number of hydrogen-bond donors (Lipinski definition) is 2. The van der Waals surface area contributed by atoms with E-state index in [0.717, 1.165) is 11.8 Å². The van der Waals surface area contributed by atoms with Crippen LogP contribution >= 0.6 is 39.3 Å². The van der Waals surface area contributed by atoms with Crippen molar-refractivity contribution in [3.8, 4) is 0 Å². The minimum absolute atomic E-state index is 0.0218. The van der Waals surface area contributed by atoms with Crippen molar-refractivity contribution < 1.29 is 19.5 Å². The van der Waals surface area contributed by atoms with E-state index in [0.29, 0.717) is 20.7 Å². The normalized spacial score (nSPS) is 10.5. The molecule has 2 N–H and O–H groups in total. The quantitative estimate of drug-likeness (QED) is 0.340. The number of nitrogens with one attached hydrogen (secondary N) is 1. The average molecular weight is 506 g/mol. The maximum atomic E-state index is 13.0. The van der Waals surface area contributed by atoms with Gasteiger partial charge in [0.25, 0.3) is 0 Å². The maximum Gasteiger partial charge on any atom is 0.338 e. The number of pyridine rings is 1. The number of carbonyl (C=O) groups excluding carboxylic acids is 2. The highest BCUT2D eigenvalue weighted by atomic mass is 79.9. The first-order valence-electron chi connectivity index (χ1n) is 8.56. The Bertz CT molecular complexity index is 1140. The number of aromatic nitrogens is 1. The highest BCUT2D eigenvalue weighted by molar-refractivity contribution is 9.10. The third kappa shape index (κ3) is 5.27. The van der Waals surface area contributed by atoms with Crippen LogP contribution in [0.1, 0.15) is 26.3 Å². The van der Waals surface area contributed by atoms with E-state index in [1.807, 2.05) is 0 Å². The van der Waals surface area contributed by atoms with Crippen molar-refractivity contribution >= 4 is 62.6 Å². The number of amides is 1. The topological polar surface area (TPSA) is 96.4 Å². The number of thioether (sulfide) groups is 1. The number of ketones is 1. The number of aromatic carboxylic acids is 1. The van der Waals surface area contributed by atoms with E-state index >= 15 is 0 Å². The molecule has 0 fully saturated rings. The van der Waals surface area contributed by atoms with E-state index in [4.69, 9.17) is 11.6 Å².